The molecule has 1 saturated heterocycles. The molecule has 13 heteroatoms. The van der Waals surface area contributed by atoms with Crippen LogP contribution in [-0.4, -0.2) is 76.5 Å². The van der Waals surface area contributed by atoms with Crippen LogP contribution in [0, 0.1) is 0 Å². The van der Waals surface area contributed by atoms with Crippen LogP contribution in [0.2, 0.25) is 0 Å². The second-order valence-electron chi connectivity index (χ2n) is 8.93. The molecule has 1 aliphatic heterocycles. The molecule has 0 aromatic heterocycles. The first-order chi connectivity index (χ1) is 19.7. The van der Waals surface area contributed by atoms with E-state index in [0.29, 0.717) is 30.3 Å². The zero-order valence-corrected chi connectivity index (χ0v) is 24.3. The average Bonchev–Trinajstić information content (AvgIpc) is 2.99. The summed E-state index contributed by atoms with van der Waals surface area (Å²) < 4.78 is 67.0. The Morgan fingerprint density at radius 3 is 2.05 bits per heavy atom. The second-order valence-corrected chi connectivity index (χ2v) is 12.8. The number of rotatable bonds is 11. The number of carbonyl (C=O) groups is 1. The van der Waals surface area contributed by atoms with Gasteiger partial charge in [-0.15, -0.1) is 0 Å². The molecule has 1 atom stereocenters. The summed E-state index contributed by atoms with van der Waals surface area (Å²) in [6, 6.07) is 19.3. The molecule has 1 N–H and O–H groups in total. The van der Waals surface area contributed by atoms with Crippen molar-refractivity contribution < 1.29 is 31.1 Å². The van der Waals surface area contributed by atoms with Gasteiger partial charge in [0.25, 0.3) is 5.91 Å². The number of nitrogens with zero attached hydrogens (tertiary/aromatic N) is 3. The van der Waals surface area contributed by atoms with Crippen molar-refractivity contribution in [3.8, 4) is 11.5 Å². The number of hydrazone groups is 1. The van der Waals surface area contributed by atoms with Gasteiger partial charge >= 0.3 is 0 Å². The molecule has 0 saturated carbocycles. The van der Waals surface area contributed by atoms with Gasteiger partial charge in [0.1, 0.15) is 6.04 Å². The van der Waals surface area contributed by atoms with Gasteiger partial charge in [-0.05, 0) is 61.9 Å². The maximum Gasteiger partial charge on any atom is 0.259 e. The van der Waals surface area contributed by atoms with Gasteiger partial charge in [0.2, 0.25) is 20.0 Å². The SMILES string of the molecule is CCOc1ccc(/C=N\NC(=O)[C@@H]2CN(S(=O)(=O)c3ccccc3)CCN2S(=O)(=O)c2ccccc2)cc1OCC. The summed E-state index contributed by atoms with van der Waals surface area (Å²) in [6.45, 7) is 3.86. The number of carbonyl (C=O) groups excluding carboxylic acids is 1. The number of hydrogen-bond donors (Lipinski definition) is 1. The molecule has 1 fully saturated rings. The third-order valence-corrected chi connectivity index (χ3v) is 10.1. The number of ether oxygens (including phenoxy) is 2. The Bertz CT molecular complexity index is 1580. The monoisotopic (exact) mass is 600 g/mol. The van der Waals surface area contributed by atoms with Crippen LogP contribution in [0.4, 0.5) is 0 Å². The number of benzene rings is 3. The molecular weight excluding hydrogens is 568 g/mol. The number of amides is 1. The summed E-state index contributed by atoms with van der Waals surface area (Å²) in [5.41, 5.74) is 2.99. The van der Waals surface area contributed by atoms with E-state index in [1.165, 1.54) is 30.5 Å². The van der Waals surface area contributed by atoms with Gasteiger partial charge in [0, 0.05) is 19.6 Å². The van der Waals surface area contributed by atoms with Gasteiger partial charge in [-0.3, -0.25) is 4.79 Å². The molecule has 0 unspecified atom stereocenters. The Morgan fingerprint density at radius 1 is 0.854 bits per heavy atom. The fourth-order valence-electron chi connectivity index (χ4n) is 4.32. The Kier molecular flexibility index (Phi) is 9.76. The Hall–Kier alpha value is -3.78. The molecule has 41 heavy (non-hydrogen) atoms. The molecule has 0 spiro atoms. The number of nitrogens with one attached hydrogen (secondary N) is 1. The lowest BCUT2D eigenvalue weighted by Gasteiger charge is -2.38. The number of sulfonamides is 2. The third-order valence-electron chi connectivity index (χ3n) is 6.28. The van der Waals surface area contributed by atoms with Crippen LogP contribution in [0.5, 0.6) is 11.5 Å². The molecule has 1 amide bonds. The summed E-state index contributed by atoms with van der Waals surface area (Å²) in [5.74, 6) is 0.308. The molecule has 0 aliphatic carbocycles. The summed E-state index contributed by atoms with van der Waals surface area (Å²) in [6.07, 6.45) is 1.38. The van der Waals surface area contributed by atoms with Crippen molar-refractivity contribution in [2.24, 2.45) is 5.10 Å². The predicted octanol–water partition coefficient (Wildman–Crippen LogP) is 2.70. The summed E-state index contributed by atoms with van der Waals surface area (Å²) in [7, 11) is -8.10. The molecule has 0 bridgehead atoms. The molecule has 218 valence electrons. The van der Waals surface area contributed by atoms with E-state index in [4.69, 9.17) is 9.47 Å². The largest absolute Gasteiger partial charge is 0.490 e. The molecule has 3 aromatic carbocycles. The smallest absolute Gasteiger partial charge is 0.259 e. The Morgan fingerprint density at radius 2 is 1.44 bits per heavy atom. The zero-order valence-electron chi connectivity index (χ0n) is 22.7. The van der Waals surface area contributed by atoms with Gasteiger partial charge in [0.15, 0.2) is 11.5 Å². The summed E-state index contributed by atoms with van der Waals surface area (Å²) in [4.78, 5) is 13.4. The van der Waals surface area contributed by atoms with Crippen molar-refractivity contribution in [2.45, 2.75) is 29.7 Å². The van der Waals surface area contributed by atoms with Gasteiger partial charge in [-0.1, -0.05) is 36.4 Å². The minimum absolute atomic E-state index is 0.00138. The first-order valence-electron chi connectivity index (χ1n) is 13.0. The summed E-state index contributed by atoms with van der Waals surface area (Å²) in [5, 5.41) is 4.02. The maximum absolute atomic E-state index is 13.5. The first-order valence-corrected chi connectivity index (χ1v) is 15.9. The van der Waals surface area contributed by atoms with Crippen molar-refractivity contribution in [2.75, 3.05) is 32.8 Å². The highest BCUT2D eigenvalue weighted by molar-refractivity contribution is 7.89. The van der Waals surface area contributed by atoms with Crippen LogP contribution in [0.3, 0.4) is 0 Å². The van der Waals surface area contributed by atoms with Crippen molar-refractivity contribution in [3.05, 3.63) is 84.4 Å². The normalized spacial score (nSPS) is 16.9. The highest BCUT2D eigenvalue weighted by atomic mass is 32.2. The van der Waals surface area contributed by atoms with E-state index in [1.54, 1.807) is 54.6 Å². The van der Waals surface area contributed by atoms with E-state index in [1.807, 2.05) is 13.8 Å². The van der Waals surface area contributed by atoms with E-state index < -0.39 is 32.0 Å². The Labute approximate surface area is 240 Å². The van der Waals surface area contributed by atoms with Gasteiger partial charge in [0.05, 0.1) is 29.2 Å². The number of hydrogen-bond acceptors (Lipinski definition) is 8. The van der Waals surface area contributed by atoms with Crippen molar-refractivity contribution >= 4 is 32.2 Å². The van der Waals surface area contributed by atoms with Crippen LogP contribution < -0.4 is 14.9 Å². The highest BCUT2D eigenvalue weighted by Crippen LogP contribution is 2.28. The van der Waals surface area contributed by atoms with Crippen LogP contribution in [-0.2, 0) is 24.8 Å². The zero-order chi connectivity index (χ0) is 29.5. The van der Waals surface area contributed by atoms with Gasteiger partial charge in [-0.2, -0.15) is 13.7 Å². The van der Waals surface area contributed by atoms with E-state index >= 15 is 0 Å². The molecule has 0 radical (unpaired) electrons. The average molecular weight is 601 g/mol. The van der Waals surface area contributed by atoms with E-state index in [0.717, 1.165) is 8.61 Å². The topological polar surface area (TPSA) is 135 Å². The molecule has 3 aromatic rings. The lowest BCUT2D eigenvalue weighted by Crippen LogP contribution is -2.60. The first kappa shape index (κ1) is 30.2. The quantitative estimate of drug-likeness (QED) is 0.264. The summed E-state index contributed by atoms with van der Waals surface area (Å²) >= 11 is 0. The lowest BCUT2D eigenvalue weighted by molar-refractivity contribution is -0.125. The van der Waals surface area contributed by atoms with Gasteiger partial charge in [-0.25, -0.2) is 22.3 Å². The molecule has 11 nitrogen and oxygen atoms in total. The predicted molar refractivity (Wildman–Crippen MR) is 154 cm³/mol. The molecule has 4 rings (SSSR count). The Balaban J connectivity index is 1.60. The third kappa shape index (κ3) is 6.93. The van der Waals surface area contributed by atoms with Crippen molar-refractivity contribution in [3.63, 3.8) is 0 Å². The minimum atomic E-state index is -4.12. The van der Waals surface area contributed by atoms with Crippen LogP contribution >= 0.6 is 0 Å². The van der Waals surface area contributed by atoms with Gasteiger partial charge < -0.3 is 9.47 Å². The molecule has 1 aliphatic rings. The number of piperazine rings is 1. The van der Waals surface area contributed by atoms with E-state index in [-0.39, 0.29) is 29.4 Å². The fourth-order valence-corrected chi connectivity index (χ4v) is 7.37. The molecular formula is C28H32N4O7S2. The van der Waals surface area contributed by atoms with Crippen molar-refractivity contribution in [1.29, 1.82) is 0 Å². The lowest BCUT2D eigenvalue weighted by atomic mass is 10.2. The van der Waals surface area contributed by atoms with Crippen LogP contribution in [0.1, 0.15) is 19.4 Å². The fraction of sp³-hybridized carbons (Fsp3) is 0.286. The van der Waals surface area contributed by atoms with Crippen molar-refractivity contribution in [1.82, 2.24) is 14.0 Å². The van der Waals surface area contributed by atoms with E-state index in [2.05, 4.69) is 10.5 Å². The standard InChI is InChI=1S/C28H32N4O7S2/c1-3-38-26-16-15-22(19-27(26)39-4-2)20-29-30-28(33)25-21-31(40(34,35)23-11-7-5-8-12-23)17-18-32(25)41(36,37)24-13-9-6-10-14-24/h5-16,19-20,25H,3-4,17-18,21H2,1-2H3,(H,30,33)/b29-20-/t25-/m0/s1. The van der Waals surface area contributed by atoms with Crippen LogP contribution in [0.25, 0.3) is 0 Å². The van der Waals surface area contributed by atoms with Crippen LogP contribution in [0.15, 0.2) is 93.8 Å². The highest BCUT2D eigenvalue weighted by Gasteiger charge is 2.43. The molecule has 1 heterocycles. The van der Waals surface area contributed by atoms with E-state index in [9.17, 15) is 21.6 Å². The maximum atomic E-state index is 13.5. The second kappa shape index (κ2) is 13.3. The minimum Gasteiger partial charge on any atom is -0.490 e.